The molecule has 0 aliphatic rings. The standard InChI is InChI=1S/C16H20N2O2/c1-10(2)13-6-5-11(3)15(7-13)20-16-17-8-14(9-19)12(4)18-16/h5-8,10,19H,9H2,1-4H3. The first-order valence-electron chi connectivity index (χ1n) is 6.73. The van der Waals surface area contributed by atoms with Gasteiger partial charge < -0.3 is 9.84 Å². The Morgan fingerprint density at radius 2 is 2.00 bits per heavy atom. The Kier molecular flexibility index (Phi) is 4.35. The Morgan fingerprint density at radius 3 is 2.60 bits per heavy atom. The molecule has 0 unspecified atom stereocenters. The summed E-state index contributed by atoms with van der Waals surface area (Å²) in [6.45, 7) is 8.05. The number of benzene rings is 1. The first-order chi connectivity index (χ1) is 9.51. The number of rotatable bonds is 4. The van der Waals surface area contributed by atoms with Gasteiger partial charge in [0.25, 0.3) is 0 Å². The van der Waals surface area contributed by atoms with Crippen LogP contribution >= 0.6 is 0 Å². The predicted octanol–water partition coefficient (Wildman–Crippen LogP) is 3.50. The van der Waals surface area contributed by atoms with Crippen LogP contribution in [0.2, 0.25) is 0 Å². The maximum absolute atomic E-state index is 9.12. The molecule has 0 radical (unpaired) electrons. The second kappa shape index (κ2) is 6.01. The highest BCUT2D eigenvalue weighted by Gasteiger charge is 2.09. The van der Waals surface area contributed by atoms with Gasteiger partial charge in [-0.3, -0.25) is 0 Å². The van der Waals surface area contributed by atoms with Crippen LogP contribution in [0.15, 0.2) is 24.4 Å². The van der Waals surface area contributed by atoms with Crippen molar-refractivity contribution in [2.45, 2.75) is 40.2 Å². The summed E-state index contributed by atoms with van der Waals surface area (Å²) in [4.78, 5) is 8.39. The molecule has 4 heteroatoms. The van der Waals surface area contributed by atoms with Crippen molar-refractivity contribution in [3.63, 3.8) is 0 Å². The lowest BCUT2D eigenvalue weighted by atomic mass is 10.0. The molecule has 0 saturated heterocycles. The van der Waals surface area contributed by atoms with E-state index in [1.807, 2.05) is 26.0 Å². The number of ether oxygens (including phenoxy) is 1. The smallest absolute Gasteiger partial charge is 0.322 e. The highest BCUT2D eigenvalue weighted by molar-refractivity contribution is 5.39. The van der Waals surface area contributed by atoms with E-state index in [1.54, 1.807) is 6.20 Å². The number of hydrogen-bond acceptors (Lipinski definition) is 4. The minimum Gasteiger partial charge on any atom is -0.424 e. The first kappa shape index (κ1) is 14.5. The van der Waals surface area contributed by atoms with E-state index in [4.69, 9.17) is 9.84 Å². The third-order valence-corrected chi connectivity index (χ3v) is 3.31. The van der Waals surface area contributed by atoms with E-state index in [-0.39, 0.29) is 6.61 Å². The highest BCUT2D eigenvalue weighted by atomic mass is 16.5. The maximum atomic E-state index is 9.12. The molecule has 0 saturated carbocycles. The molecule has 0 aliphatic carbocycles. The van der Waals surface area contributed by atoms with Gasteiger partial charge in [0.2, 0.25) is 0 Å². The summed E-state index contributed by atoms with van der Waals surface area (Å²) < 4.78 is 5.78. The van der Waals surface area contributed by atoms with Gasteiger partial charge in [0, 0.05) is 11.8 Å². The lowest BCUT2D eigenvalue weighted by Gasteiger charge is -2.12. The maximum Gasteiger partial charge on any atom is 0.322 e. The molecule has 0 fully saturated rings. The van der Waals surface area contributed by atoms with Crippen LogP contribution in [-0.2, 0) is 6.61 Å². The largest absolute Gasteiger partial charge is 0.424 e. The van der Waals surface area contributed by atoms with Gasteiger partial charge in [0.1, 0.15) is 5.75 Å². The molecule has 2 aromatic rings. The molecule has 2 rings (SSSR count). The zero-order valence-corrected chi connectivity index (χ0v) is 12.3. The minimum atomic E-state index is -0.0615. The molecule has 4 nitrogen and oxygen atoms in total. The molecule has 106 valence electrons. The fourth-order valence-corrected chi connectivity index (χ4v) is 1.86. The molecular weight excluding hydrogens is 252 g/mol. The van der Waals surface area contributed by atoms with Crippen molar-refractivity contribution in [2.24, 2.45) is 0 Å². The first-order valence-corrected chi connectivity index (χ1v) is 6.73. The van der Waals surface area contributed by atoms with Gasteiger partial charge in [0.15, 0.2) is 0 Å². The fourth-order valence-electron chi connectivity index (χ4n) is 1.86. The number of aliphatic hydroxyl groups excluding tert-OH is 1. The minimum absolute atomic E-state index is 0.0615. The Hall–Kier alpha value is -1.94. The molecule has 1 aromatic carbocycles. The molecule has 20 heavy (non-hydrogen) atoms. The monoisotopic (exact) mass is 272 g/mol. The summed E-state index contributed by atoms with van der Waals surface area (Å²) >= 11 is 0. The lowest BCUT2D eigenvalue weighted by Crippen LogP contribution is -2.00. The average molecular weight is 272 g/mol. The number of aliphatic hydroxyl groups is 1. The molecule has 1 aromatic heterocycles. The zero-order valence-electron chi connectivity index (χ0n) is 12.3. The normalized spacial score (nSPS) is 10.9. The quantitative estimate of drug-likeness (QED) is 0.925. The van der Waals surface area contributed by atoms with Gasteiger partial charge in [-0.25, -0.2) is 4.98 Å². The van der Waals surface area contributed by atoms with Crippen molar-refractivity contribution >= 4 is 0 Å². The molecule has 0 bridgehead atoms. The van der Waals surface area contributed by atoms with Crippen molar-refractivity contribution in [3.05, 3.63) is 46.8 Å². The summed E-state index contributed by atoms with van der Waals surface area (Å²) in [6, 6.07) is 6.48. The van der Waals surface area contributed by atoms with Crippen LogP contribution in [0, 0.1) is 13.8 Å². The van der Waals surface area contributed by atoms with Crippen molar-refractivity contribution in [2.75, 3.05) is 0 Å². The summed E-state index contributed by atoms with van der Waals surface area (Å²) in [6.07, 6.45) is 1.60. The zero-order chi connectivity index (χ0) is 14.7. The van der Waals surface area contributed by atoms with Crippen molar-refractivity contribution in [1.29, 1.82) is 0 Å². The summed E-state index contributed by atoms with van der Waals surface area (Å²) in [7, 11) is 0. The van der Waals surface area contributed by atoms with Crippen LogP contribution in [-0.4, -0.2) is 15.1 Å². The Morgan fingerprint density at radius 1 is 1.25 bits per heavy atom. The Bertz CT molecular complexity index is 609. The van der Waals surface area contributed by atoms with Gasteiger partial charge in [-0.2, -0.15) is 4.98 Å². The van der Waals surface area contributed by atoms with Gasteiger partial charge in [0.05, 0.1) is 12.3 Å². The third kappa shape index (κ3) is 3.14. The highest BCUT2D eigenvalue weighted by Crippen LogP contribution is 2.27. The summed E-state index contributed by atoms with van der Waals surface area (Å²) in [5.74, 6) is 1.21. The van der Waals surface area contributed by atoms with Crippen molar-refractivity contribution in [1.82, 2.24) is 9.97 Å². The fraction of sp³-hybridized carbons (Fsp3) is 0.375. The Balaban J connectivity index is 2.29. The SMILES string of the molecule is Cc1ccc(C(C)C)cc1Oc1ncc(CO)c(C)n1. The second-order valence-electron chi connectivity index (χ2n) is 5.20. The van der Waals surface area contributed by atoms with Crippen LogP contribution in [0.3, 0.4) is 0 Å². The average Bonchev–Trinajstić information content (AvgIpc) is 2.41. The van der Waals surface area contributed by atoms with Gasteiger partial charge in [-0.05, 0) is 37.0 Å². The molecule has 0 atom stereocenters. The predicted molar refractivity (Wildman–Crippen MR) is 78.0 cm³/mol. The van der Waals surface area contributed by atoms with Gasteiger partial charge in [-0.1, -0.05) is 26.0 Å². The molecular formula is C16H20N2O2. The number of aromatic nitrogens is 2. The van der Waals surface area contributed by atoms with Crippen LogP contribution in [0.25, 0.3) is 0 Å². The summed E-state index contributed by atoms with van der Waals surface area (Å²) in [5.41, 5.74) is 3.70. The van der Waals surface area contributed by atoms with Crippen molar-refractivity contribution in [3.8, 4) is 11.8 Å². The number of aryl methyl sites for hydroxylation is 2. The van der Waals surface area contributed by atoms with Crippen LogP contribution in [0.1, 0.15) is 42.1 Å². The van der Waals surface area contributed by atoms with E-state index >= 15 is 0 Å². The molecule has 0 amide bonds. The number of nitrogens with zero attached hydrogens (tertiary/aromatic N) is 2. The van der Waals surface area contributed by atoms with Gasteiger partial charge >= 0.3 is 6.01 Å². The van der Waals surface area contributed by atoms with Crippen molar-refractivity contribution < 1.29 is 9.84 Å². The molecule has 0 spiro atoms. The Labute approximate surface area is 119 Å². The molecule has 1 heterocycles. The second-order valence-corrected chi connectivity index (χ2v) is 5.20. The van der Waals surface area contributed by atoms with E-state index in [2.05, 4.69) is 29.9 Å². The molecule has 1 N–H and O–H groups in total. The van der Waals surface area contributed by atoms with E-state index in [1.165, 1.54) is 5.56 Å². The van der Waals surface area contributed by atoms with E-state index in [0.717, 1.165) is 17.0 Å². The summed E-state index contributed by atoms with van der Waals surface area (Å²) in [5, 5.41) is 9.12. The van der Waals surface area contributed by atoms with E-state index in [0.29, 0.717) is 17.5 Å². The topological polar surface area (TPSA) is 55.2 Å². The van der Waals surface area contributed by atoms with Crippen LogP contribution in [0.4, 0.5) is 0 Å². The van der Waals surface area contributed by atoms with E-state index in [9.17, 15) is 0 Å². The van der Waals surface area contributed by atoms with Gasteiger partial charge in [-0.15, -0.1) is 0 Å². The van der Waals surface area contributed by atoms with Crippen LogP contribution < -0.4 is 4.74 Å². The third-order valence-electron chi connectivity index (χ3n) is 3.31. The van der Waals surface area contributed by atoms with Crippen LogP contribution in [0.5, 0.6) is 11.8 Å². The molecule has 0 aliphatic heterocycles. The van der Waals surface area contributed by atoms with E-state index < -0.39 is 0 Å². The lowest BCUT2D eigenvalue weighted by molar-refractivity contribution is 0.279. The number of hydrogen-bond donors (Lipinski definition) is 1.